The van der Waals surface area contributed by atoms with Crippen LogP contribution in [0.2, 0.25) is 0 Å². The lowest BCUT2D eigenvalue weighted by molar-refractivity contribution is 0.131. The van der Waals surface area contributed by atoms with Crippen LogP contribution in [-0.2, 0) is 0 Å². The van der Waals surface area contributed by atoms with Crippen molar-refractivity contribution in [3.05, 3.63) is 36.0 Å². The van der Waals surface area contributed by atoms with Gasteiger partial charge in [-0.25, -0.2) is 9.97 Å². The summed E-state index contributed by atoms with van der Waals surface area (Å²) in [5, 5.41) is 0.681. The number of rotatable bonds is 6. The minimum atomic E-state index is -0.200. The van der Waals surface area contributed by atoms with Gasteiger partial charge >= 0.3 is 0 Å². The molecular formula is C17H23N3O2S. The van der Waals surface area contributed by atoms with E-state index >= 15 is 0 Å². The zero-order valence-corrected chi connectivity index (χ0v) is 14.8. The van der Waals surface area contributed by atoms with E-state index in [-0.39, 0.29) is 5.60 Å². The van der Waals surface area contributed by atoms with Gasteiger partial charge in [0.15, 0.2) is 5.16 Å². The van der Waals surface area contributed by atoms with Gasteiger partial charge in [0.25, 0.3) is 0 Å². The third kappa shape index (κ3) is 6.36. The molecule has 2 aromatic rings. The van der Waals surface area contributed by atoms with Crippen molar-refractivity contribution in [2.75, 3.05) is 18.1 Å². The highest BCUT2D eigenvalue weighted by Gasteiger charge is 2.11. The Hall–Kier alpha value is -1.95. The van der Waals surface area contributed by atoms with Crippen LogP contribution in [0.3, 0.4) is 0 Å². The van der Waals surface area contributed by atoms with Gasteiger partial charge in [-0.05, 0) is 52.0 Å². The summed E-state index contributed by atoms with van der Waals surface area (Å²) in [4.78, 5) is 8.51. The number of nitrogens with two attached hydrogens (primary N) is 1. The molecule has 124 valence electrons. The van der Waals surface area contributed by atoms with E-state index in [2.05, 4.69) is 9.97 Å². The Labute approximate surface area is 141 Å². The van der Waals surface area contributed by atoms with Crippen LogP contribution in [0.4, 0.5) is 5.82 Å². The van der Waals surface area contributed by atoms with Crippen LogP contribution in [0, 0.1) is 6.92 Å². The monoisotopic (exact) mass is 333 g/mol. The minimum absolute atomic E-state index is 0.200. The van der Waals surface area contributed by atoms with E-state index < -0.39 is 0 Å². The number of aromatic nitrogens is 2. The summed E-state index contributed by atoms with van der Waals surface area (Å²) in [6.07, 6.45) is 0. The summed E-state index contributed by atoms with van der Waals surface area (Å²) in [6.45, 7) is 8.54. The Balaban J connectivity index is 1.78. The third-order valence-corrected chi connectivity index (χ3v) is 3.50. The molecule has 0 amide bonds. The van der Waals surface area contributed by atoms with Gasteiger partial charge in [0.05, 0.1) is 6.61 Å². The molecule has 2 N–H and O–H groups in total. The number of hydrogen-bond acceptors (Lipinski definition) is 6. The van der Waals surface area contributed by atoms with Crippen molar-refractivity contribution in [3.8, 4) is 11.5 Å². The Bertz CT molecular complexity index is 619. The molecule has 0 radical (unpaired) electrons. The fourth-order valence-electron chi connectivity index (χ4n) is 1.88. The maximum atomic E-state index is 5.77. The van der Waals surface area contributed by atoms with E-state index in [1.165, 1.54) is 11.8 Å². The van der Waals surface area contributed by atoms with E-state index in [9.17, 15) is 0 Å². The summed E-state index contributed by atoms with van der Waals surface area (Å²) in [5.74, 6) is 2.90. The molecule has 0 saturated heterocycles. The Morgan fingerprint density at radius 3 is 2.35 bits per heavy atom. The summed E-state index contributed by atoms with van der Waals surface area (Å²) < 4.78 is 11.5. The van der Waals surface area contributed by atoms with Gasteiger partial charge in [0.2, 0.25) is 0 Å². The molecule has 2 rings (SSSR count). The molecule has 0 aliphatic heterocycles. The zero-order valence-electron chi connectivity index (χ0n) is 14.0. The van der Waals surface area contributed by atoms with Crippen molar-refractivity contribution in [1.82, 2.24) is 9.97 Å². The molecule has 0 fully saturated rings. The van der Waals surface area contributed by atoms with Gasteiger partial charge in [0.1, 0.15) is 22.9 Å². The fraction of sp³-hybridized carbons (Fsp3) is 0.412. The zero-order chi connectivity index (χ0) is 16.9. The van der Waals surface area contributed by atoms with Crippen molar-refractivity contribution in [1.29, 1.82) is 0 Å². The van der Waals surface area contributed by atoms with Crippen LogP contribution < -0.4 is 15.2 Å². The second-order valence-corrected chi connectivity index (χ2v) is 7.16. The molecule has 0 aliphatic carbocycles. The SMILES string of the molecule is Cc1cc(N)nc(SCCOc2ccc(OC(C)(C)C)cc2)n1. The van der Waals surface area contributed by atoms with E-state index in [0.29, 0.717) is 17.6 Å². The quantitative estimate of drug-likeness (QED) is 0.493. The average Bonchev–Trinajstić information content (AvgIpc) is 2.43. The number of benzene rings is 1. The Morgan fingerprint density at radius 1 is 1.09 bits per heavy atom. The van der Waals surface area contributed by atoms with Crippen LogP contribution >= 0.6 is 11.8 Å². The first-order valence-corrected chi connectivity index (χ1v) is 8.46. The number of nitrogen functional groups attached to an aromatic ring is 1. The van der Waals surface area contributed by atoms with Crippen LogP contribution in [0.5, 0.6) is 11.5 Å². The number of ether oxygens (including phenoxy) is 2. The van der Waals surface area contributed by atoms with Crippen LogP contribution in [0.1, 0.15) is 26.5 Å². The second-order valence-electron chi connectivity index (χ2n) is 6.10. The van der Waals surface area contributed by atoms with Crippen molar-refractivity contribution in [2.45, 2.75) is 38.5 Å². The molecule has 1 aromatic heterocycles. The Kier molecular flexibility index (Phi) is 5.71. The van der Waals surface area contributed by atoms with Gasteiger partial charge in [-0.1, -0.05) is 11.8 Å². The molecule has 6 heteroatoms. The minimum Gasteiger partial charge on any atom is -0.493 e. The van der Waals surface area contributed by atoms with Gasteiger partial charge in [-0.2, -0.15) is 0 Å². The summed E-state index contributed by atoms with van der Waals surface area (Å²) in [6, 6.07) is 9.40. The average molecular weight is 333 g/mol. The van der Waals surface area contributed by atoms with Crippen LogP contribution in [0.15, 0.2) is 35.5 Å². The normalized spacial score (nSPS) is 11.3. The van der Waals surface area contributed by atoms with E-state index in [1.54, 1.807) is 6.07 Å². The molecule has 5 nitrogen and oxygen atoms in total. The molecule has 23 heavy (non-hydrogen) atoms. The molecule has 0 bridgehead atoms. The van der Waals surface area contributed by atoms with E-state index in [4.69, 9.17) is 15.2 Å². The number of nitrogens with zero attached hydrogens (tertiary/aromatic N) is 2. The predicted octanol–water partition coefficient (Wildman–Crippen LogP) is 3.72. The lowest BCUT2D eigenvalue weighted by atomic mass is 10.2. The van der Waals surface area contributed by atoms with E-state index in [0.717, 1.165) is 22.9 Å². The molecule has 1 aromatic carbocycles. The van der Waals surface area contributed by atoms with Gasteiger partial charge < -0.3 is 15.2 Å². The number of hydrogen-bond donors (Lipinski definition) is 1. The van der Waals surface area contributed by atoms with Crippen LogP contribution in [-0.4, -0.2) is 27.9 Å². The molecule has 0 spiro atoms. The molecular weight excluding hydrogens is 310 g/mol. The summed E-state index contributed by atoms with van der Waals surface area (Å²) in [7, 11) is 0. The standard InChI is InChI=1S/C17H23N3O2S/c1-12-11-15(18)20-16(19-12)23-10-9-21-13-5-7-14(8-6-13)22-17(2,3)4/h5-8,11H,9-10H2,1-4H3,(H2,18,19,20). The van der Waals surface area contributed by atoms with Crippen molar-refractivity contribution in [2.24, 2.45) is 0 Å². The maximum absolute atomic E-state index is 5.77. The van der Waals surface area contributed by atoms with Gasteiger partial charge in [0, 0.05) is 17.5 Å². The van der Waals surface area contributed by atoms with E-state index in [1.807, 2.05) is 52.0 Å². The number of aryl methyl sites for hydroxylation is 1. The largest absolute Gasteiger partial charge is 0.493 e. The molecule has 0 atom stereocenters. The first-order valence-electron chi connectivity index (χ1n) is 7.48. The molecule has 0 unspecified atom stereocenters. The molecule has 0 aliphatic rings. The van der Waals surface area contributed by atoms with Crippen molar-refractivity contribution >= 4 is 17.6 Å². The second kappa shape index (κ2) is 7.55. The number of thioether (sulfide) groups is 1. The topological polar surface area (TPSA) is 70.3 Å². The third-order valence-electron chi connectivity index (χ3n) is 2.68. The lowest BCUT2D eigenvalue weighted by Crippen LogP contribution is -2.22. The van der Waals surface area contributed by atoms with Crippen molar-refractivity contribution < 1.29 is 9.47 Å². The lowest BCUT2D eigenvalue weighted by Gasteiger charge is -2.21. The number of anilines is 1. The summed E-state index contributed by atoms with van der Waals surface area (Å²) >= 11 is 1.53. The van der Waals surface area contributed by atoms with Gasteiger partial charge in [-0.15, -0.1) is 0 Å². The van der Waals surface area contributed by atoms with Gasteiger partial charge in [-0.3, -0.25) is 0 Å². The summed E-state index contributed by atoms with van der Waals surface area (Å²) in [5.41, 5.74) is 6.38. The predicted molar refractivity (Wildman–Crippen MR) is 94.2 cm³/mol. The Morgan fingerprint density at radius 2 is 1.74 bits per heavy atom. The highest BCUT2D eigenvalue weighted by atomic mass is 32.2. The smallest absolute Gasteiger partial charge is 0.189 e. The molecule has 0 saturated carbocycles. The highest BCUT2D eigenvalue weighted by Crippen LogP contribution is 2.22. The first kappa shape index (κ1) is 17.4. The van der Waals surface area contributed by atoms with Crippen LogP contribution in [0.25, 0.3) is 0 Å². The van der Waals surface area contributed by atoms with Crippen molar-refractivity contribution in [3.63, 3.8) is 0 Å². The molecule has 1 heterocycles. The fourth-order valence-corrected chi connectivity index (χ4v) is 2.61. The maximum Gasteiger partial charge on any atom is 0.189 e. The highest BCUT2D eigenvalue weighted by molar-refractivity contribution is 7.99. The first-order chi connectivity index (χ1) is 10.8.